The molecule has 0 saturated heterocycles. The number of nitrogens with zero attached hydrogens (tertiary/aromatic N) is 2. The van der Waals surface area contributed by atoms with Crippen molar-refractivity contribution >= 4 is 0 Å². The molecule has 1 N–H and O–H groups in total. The molecule has 0 amide bonds. The summed E-state index contributed by atoms with van der Waals surface area (Å²) < 4.78 is 2.64. The smallest absolute Gasteiger partial charge is 0.109 e. The Morgan fingerprint density at radius 1 is 1.20 bits per heavy atom. The minimum absolute atomic E-state index is 0.729. The normalized spacial score (nSPS) is 26.5. The number of imidazole rings is 1. The van der Waals surface area contributed by atoms with Crippen molar-refractivity contribution in [2.45, 2.75) is 77.8 Å². The number of hydrogen-bond donors (Lipinski definition) is 1. The summed E-state index contributed by atoms with van der Waals surface area (Å²) in [5, 5.41) is 3.46. The third-order valence-corrected chi connectivity index (χ3v) is 5.19. The lowest BCUT2D eigenvalue weighted by Crippen LogP contribution is -2.27. The average molecular weight is 275 g/mol. The molecular weight excluding hydrogens is 246 g/mol. The van der Waals surface area contributed by atoms with Crippen molar-refractivity contribution < 1.29 is 0 Å². The fourth-order valence-electron chi connectivity index (χ4n) is 4.17. The van der Waals surface area contributed by atoms with Gasteiger partial charge < -0.3 is 9.88 Å². The Kier molecular flexibility index (Phi) is 4.45. The highest BCUT2D eigenvalue weighted by atomic mass is 15.1. The molecule has 1 aromatic heterocycles. The second-order valence-corrected chi connectivity index (χ2v) is 6.53. The molecule has 0 spiro atoms. The summed E-state index contributed by atoms with van der Waals surface area (Å²) in [5.41, 5.74) is 2.86. The number of hydrogen-bond acceptors (Lipinski definition) is 2. The van der Waals surface area contributed by atoms with Gasteiger partial charge in [-0.3, -0.25) is 0 Å². The molecule has 20 heavy (non-hydrogen) atoms. The first-order chi connectivity index (χ1) is 9.83. The van der Waals surface area contributed by atoms with E-state index in [-0.39, 0.29) is 0 Å². The monoisotopic (exact) mass is 275 g/mol. The van der Waals surface area contributed by atoms with Gasteiger partial charge in [0, 0.05) is 37.7 Å². The van der Waals surface area contributed by atoms with Crippen LogP contribution in [0.4, 0.5) is 0 Å². The van der Waals surface area contributed by atoms with E-state index in [1.54, 1.807) is 5.69 Å². The first-order valence-electron chi connectivity index (χ1n) is 8.63. The van der Waals surface area contributed by atoms with Gasteiger partial charge in [-0.05, 0) is 31.6 Å². The number of nitrogens with one attached hydrogen (secondary N) is 1. The lowest BCUT2D eigenvalue weighted by molar-refractivity contribution is 0.255. The first kappa shape index (κ1) is 14.1. The zero-order valence-corrected chi connectivity index (χ0v) is 13.1. The molecule has 3 rings (SSSR count). The Bertz CT molecular complexity index is 441. The molecule has 1 saturated carbocycles. The second kappa shape index (κ2) is 6.30. The van der Waals surface area contributed by atoms with Crippen LogP contribution >= 0.6 is 0 Å². The maximum Gasteiger partial charge on any atom is 0.109 e. The zero-order valence-electron chi connectivity index (χ0n) is 13.1. The van der Waals surface area contributed by atoms with Crippen LogP contribution in [-0.4, -0.2) is 16.1 Å². The van der Waals surface area contributed by atoms with Crippen molar-refractivity contribution in [3.8, 4) is 0 Å². The largest absolute Gasteiger partial charge is 0.329 e. The van der Waals surface area contributed by atoms with Gasteiger partial charge in [0.2, 0.25) is 0 Å². The van der Waals surface area contributed by atoms with E-state index in [4.69, 9.17) is 4.98 Å². The van der Waals surface area contributed by atoms with Crippen LogP contribution in [0.25, 0.3) is 0 Å². The quantitative estimate of drug-likeness (QED) is 0.909. The molecular formula is C17H29N3. The van der Waals surface area contributed by atoms with Crippen LogP contribution in [0.15, 0.2) is 0 Å². The van der Waals surface area contributed by atoms with E-state index in [0.29, 0.717) is 0 Å². The topological polar surface area (TPSA) is 29.9 Å². The van der Waals surface area contributed by atoms with Crippen molar-refractivity contribution in [1.82, 2.24) is 14.9 Å². The van der Waals surface area contributed by atoms with E-state index >= 15 is 0 Å². The third-order valence-electron chi connectivity index (χ3n) is 5.19. The van der Waals surface area contributed by atoms with E-state index in [2.05, 4.69) is 23.7 Å². The van der Waals surface area contributed by atoms with Crippen molar-refractivity contribution in [3.05, 3.63) is 17.2 Å². The molecule has 0 radical (unpaired) electrons. The summed E-state index contributed by atoms with van der Waals surface area (Å²) in [5.74, 6) is 2.32. The average Bonchev–Trinajstić information content (AvgIpc) is 2.87. The number of rotatable bonds is 4. The first-order valence-corrected chi connectivity index (χ1v) is 8.63. The summed E-state index contributed by atoms with van der Waals surface area (Å²) in [6.45, 7) is 6.66. The molecule has 2 heterocycles. The standard InChI is InChI=1S/C17H29N3/c1-3-5-13-6-8-14(9-7-13)20-16-10-11-18-12-15(16)19-17(20)4-2/h13-14,18H,3-12H2,1-2H3. The minimum atomic E-state index is 0.729. The predicted octanol–water partition coefficient (Wildman–Crippen LogP) is 3.62. The van der Waals surface area contributed by atoms with Gasteiger partial charge >= 0.3 is 0 Å². The van der Waals surface area contributed by atoms with Crippen LogP contribution < -0.4 is 5.32 Å². The van der Waals surface area contributed by atoms with E-state index in [0.717, 1.165) is 37.9 Å². The van der Waals surface area contributed by atoms with Crippen molar-refractivity contribution in [2.24, 2.45) is 5.92 Å². The molecule has 0 atom stereocenters. The highest BCUT2D eigenvalue weighted by molar-refractivity contribution is 5.21. The summed E-state index contributed by atoms with van der Waals surface area (Å²) in [6.07, 6.45) is 10.6. The molecule has 1 fully saturated rings. The molecule has 0 unspecified atom stereocenters. The Morgan fingerprint density at radius 3 is 2.70 bits per heavy atom. The minimum Gasteiger partial charge on any atom is -0.329 e. The van der Waals surface area contributed by atoms with Crippen LogP contribution in [0.1, 0.15) is 75.6 Å². The fraction of sp³-hybridized carbons (Fsp3) is 0.824. The Hall–Kier alpha value is -0.830. The van der Waals surface area contributed by atoms with E-state index in [9.17, 15) is 0 Å². The summed E-state index contributed by atoms with van der Waals surface area (Å²) in [6, 6.07) is 0.729. The van der Waals surface area contributed by atoms with Gasteiger partial charge in [0.1, 0.15) is 5.82 Å². The van der Waals surface area contributed by atoms with Gasteiger partial charge in [-0.25, -0.2) is 4.98 Å². The van der Waals surface area contributed by atoms with Crippen molar-refractivity contribution in [2.75, 3.05) is 6.54 Å². The van der Waals surface area contributed by atoms with Crippen molar-refractivity contribution in [3.63, 3.8) is 0 Å². The van der Waals surface area contributed by atoms with Gasteiger partial charge in [0.15, 0.2) is 0 Å². The third kappa shape index (κ3) is 2.65. The van der Waals surface area contributed by atoms with Crippen LogP contribution in [0.2, 0.25) is 0 Å². The summed E-state index contributed by atoms with van der Waals surface area (Å²) >= 11 is 0. The van der Waals surface area contributed by atoms with Crippen LogP contribution in [0, 0.1) is 5.92 Å². The van der Waals surface area contributed by atoms with Gasteiger partial charge in [0.25, 0.3) is 0 Å². The maximum atomic E-state index is 4.90. The van der Waals surface area contributed by atoms with Crippen molar-refractivity contribution in [1.29, 1.82) is 0 Å². The number of aryl methyl sites for hydroxylation is 1. The number of fused-ring (bicyclic) bond motifs is 1. The molecule has 3 nitrogen and oxygen atoms in total. The van der Waals surface area contributed by atoms with E-state index in [1.165, 1.54) is 50.0 Å². The Morgan fingerprint density at radius 2 is 2.00 bits per heavy atom. The van der Waals surface area contributed by atoms with E-state index in [1.807, 2.05) is 0 Å². The summed E-state index contributed by atoms with van der Waals surface area (Å²) in [7, 11) is 0. The highest BCUT2D eigenvalue weighted by Crippen LogP contribution is 2.36. The van der Waals surface area contributed by atoms with Gasteiger partial charge in [-0.15, -0.1) is 0 Å². The maximum absolute atomic E-state index is 4.90. The molecule has 1 aliphatic carbocycles. The SMILES string of the molecule is CCCC1CCC(n2c(CC)nc3c2CCNC3)CC1. The molecule has 2 aliphatic rings. The van der Waals surface area contributed by atoms with Crippen LogP contribution in [-0.2, 0) is 19.4 Å². The molecule has 3 heteroatoms. The molecule has 0 aromatic carbocycles. The highest BCUT2D eigenvalue weighted by Gasteiger charge is 2.27. The van der Waals surface area contributed by atoms with Gasteiger partial charge in [-0.1, -0.05) is 26.7 Å². The number of aromatic nitrogens is 2. The molecule has 1 aliphatic heterocycles. The predicted molar refractivity (Wildman–Crippen MR) is 82.9 cm³/mol. The van der Waals surface area contributed by atoms with Crippen LogP contribution in [0.3, 0.4) is 0 Å². The van der Waals surface area contributed by atoms with Gasteiger partial charge in [-0.2, -0.15) is 0 Å². The lowest BCUT2D eigenvalue weighted by atomic mass is 9.83. The second-order valence-electron chi connectivity index (χ2n) is 6.53. The van der Waals surface area contributed by atoms with E-state index < -0.39 is 0 Å². The fourth-order valence-corrected chi connectivity index (χ4v) is 4.17. The van der Waals surface area contributed by atoms with Crippen LogP contribution in [0.5, 0.6) is 0 Å². The Labute approximate surface area is 123 Å². The molecule has 1 aromatic rings. The molecule has 112 valence electrons. The zero-order chi connectivity index (χ0) is 13.9. The lowest BCUT2D eigenvalue weighted by Gasteiger charge is -2.32. The Balaban J connectivity index is 1.78. The van der Waals surface area contributed by atoms with Gasteiger partial charge in [0.05, 0.1) is 5.69 Å². The molecule has 0 bridgehead atoms. The summed E-state index contributed by atoms with van der Waals surface area (Å²) in [4.78, 5) is 4.90.